The summed E-state index contributed by atoms with van der Waals surface area (Å²) in [7, 11) is 0. The molecule has 4 heteroatoms. The van der Waals surface area contributed by atoms with Gasteiger partial charge in [0, 0.05) is 40.5 Å². The Labute approximate surface area is 205 Å². The van der Waals surface area contributed by atoms with E-state index in [1.165, 1.54) is 27.4 Å². The molecule has 0 fully saturated rings. The lowest BCUT2D eigenvalue weighted by atomic mass is 9.73. The van der Waals surface area contributed by atoms with Crippen LogP contribution in [0, 0.1) is 0 Å². The van der Waals surface area contributed by atoms with Gasteiger partial charge in [-0.1, -0.05) is 56.3 Å². The quantitative estimate of drug-likeness (QED) is 0.261. The summed E-state index contributed by atoms with van der Waals surface area (Å²) >= 11 is 0. The largest absolute Gasteiger partial charge is 0.309 e. The van der Waals surface area contributed by atoms with Gasteiger partial charge in [-0.3, -0.25) is 4.98 Å². The first kappa shape index (κ1) is 21.4. The summed E-state index contributed by atoms with van der Waals surface area (Å²) in [5, 5.41) is 6.94. The molecule has 0 saturated heterocycles. The second-order valence-corrected chi connectivity index (χ2v) is 9.06. The van der Waals surface area contributed by atoms with Crippen LogP contribution in [0.1, 0.15) is 37.9 Å². The number of hydrogen-bond donors (Lipinski definition) is 0. The van der Waals surface area contributed by atoms with Gasteiger partial charge in [0.05, 0.1) is 22.4 Å². The zero-order valence-electron chi connectivity index (χ0n) is 20.1. The number of nitrogens with zero attached hydrogens (tertiary/aromatic N) is 4. The fourth-order valence-corrected chi connectivity index (χ4v) is 5.56. The van der Waals surface area contributed by atoms with Crippen LogP contribution in [-0.2, 0) is 5.41 Å². The maximum Gasteiger partial charge on any atom is 0.0666 e. The molecular weight excluding hydrogens is 428 g/mol. The highest BCUT2D eigenvalue weighted by Gasteiger charge is 2.32. The molecule has 0 aliphatic heterocycles. The lowest BCUT2D eigenvalue weighted by Gasteiger charge is -2.32. The van der Waals surface area contributed by atoms with E-state index >= 15 is 0 Å². The van der Waals surface area contributed by atoms with Crippen molar-refractivity contribution in [3.05, 3.63) is 121 Å². The van der Waals surface area contributed by atoms with Crippen LogP contribution in [0.25, 0.3) is 33.2 Å². The zero-order valence-corrected chi connectivity index (χ0v) is 20.1. The fraction of sp³-hybridized carbons (Fsp3) is 0.161. The highest BCUT2D eigenvalue weighted by Crippen LogP contribution is 2.40. The average Bonchev–Trinajstić information content (AvgIpc) is 3.57. The molecule has 6 rings (SSSR count). The van der Waals surface area contributed by atoms with Gasteiger partial charge < -0.3 is 4.57 Å². The number of benzene rings is 3. The van der Waals surface area contributed by atoms with Crippen molar-refractivity contribution in [2.45, 2.75) is 32.1 Å². The molecule has 0 radical (unpaired) electrons. The summed E-state index contributed by atoms with van der Waals surface area (Å²) < 4.78 is 4.30. The van der Waals surface area contributed by atoms with Crippen molar-refractivity contribution in [1.29, 1.82) is 0 Å². The van der Waals surface area contributed by atoms with Crippen molar-refractivity contribution < 1.29 is 0 Å². The maximum absolute atomic E-state index is 4.79. The smallest absolute Gasteiger partial charge is 0.0666 e. The van der Waals surface area contributed by atoms with Gasteiger partial charge in [-0.25, -0.2) is 4.68 Å². The SMILES string of the molecule is CCC(CC)(c1cccc(-n2c3ccccc3c3ccc(-n4cccn4)cc32)c1)c1ccccn1. The molecule has 0 unspecified atom stereocenters. The van der Waals surface area contributed by atoms with Crippen molar-refractivity contribution in [2.24, 2.45) is 0 Å². The molecule has 3 heterocycles. The topological polar surface area (TPSA) is 35.6 Å². The Hall–Kier alpha value is -4.18. The number of para-hydroxylation sites is 1. The molecule has 0 atom stereocenters. The van der Waals surface area contributed by atoms with Crippen LogP contribution in [0.3, 0.4) is 0 Å². The van der Waals surface area contributed by atoms with Gasteiger partial charge in [-0.15, -0.1) is 0 Å². The highest BCUT2D eigenvalue weighted by molar-refractivity contribution is 6.09. The van der Waals surface area contributed by atoms with E-state index in [4.69, 9.17) is 4.98 Å². The first-order valence-electron chi connectivity index (χ1n) is 12.3. The first-order valence-corrected chi connectivity index (χ1v) is 12.3. The molecule has 0 amide bonds. The molecule has 3 aromatic heterocycles. The summed E-state index contributed by atoms with van der Waals surface area (Å²) in [6.07, 6.45) is 7.68. The molecule has 6 aromatic rings. The second-order valence-electron chi connectivity index (χ2n) is 9.06. The molecule has 172 valence electrons. The van der Waals surface area contributed by atoms with Crippen molar-refractivity contribution >= 4 is 21.8 Å². The Morgan fingerprint density at radius 2 is 1.51 bits per heavy atom. The average molecular weight is 457 g/mol. The monoisotopic (exact) mass is 456 g/mol. The van der Waals surface area contributed by atoms with E-state index in [0.29, 0.717) is 0 Å². The third-order valence-corrected chi connectivity index (χ3v) is 7.45. The fourth-order valence-electron chi connectivity index (χ4n) is 5.56. The van der Waals surface area contributed by atoms with Crippen molar-refractivity contribution in [1.82, 2.24) is 19.3 Å². The molecule has 0 bridgehead atoms. The third kappa shape index (κ3) is 3.36. The number of pyridine rings is 1. The first-order chi connectivity index (χ1) is 17.2. The molecule has 4 nitrogen and oxygen atoms in total. The predicted octanol–water partition coefficient (Wildman–Crippen LogP) is 7.47. The molecular formula is C31H28N4. The van der Waals surface area contributed by atoms with E-state index in [1.54, 1.807) is 0 Å². The molecule has 0 spiro atoms. The summed E-state index contributed by atoms with van der Waals surface area (Å²) in [5.74, 6) is 0. The van der Waals surface area contributed by atoms with E-state index < -0.39 is 0 Å². The minimum absolute atomic E-state index is 0.129. The Balaban J connectivity index is 1.61. The molecule has 0 aliphatic carbocycles. The van der Waals surface area contributed by atoms with E-state index in [-0.39, 0.29) is 5.41 Å². The summed E-state index contributed by atoms with van der Waals surface area (Å²) in [4.78, 5) is 4.79. The Morgan fingerprint density at radius 1 is 0.686 bits per heavy atom. The van der Waals surface area contributed by atoms with Crippen LogP contribution in [0.2, 0.25) is 0 Å². The van der Waals surface area contributed by atoms with Crippen LogP contribution in [0.4, 0.5) is 0 Å². The molecule has 0 N–H and O–H groups in total. The van der Waals surface area contributed by atoms with Gasteiger partial charge in [0.2, 0.25) is 0 Å². The standard InChI is InChI=1S/C31H28N4/c1-3-31(4-2,30-15-7-8-18-32-30)23-11-9-12-25(21-23)35-28-14-6-5-13-26(28)27-17-16-24(22-29(27)35)34-20-10-19-33-34/h5-22H,3-4H2,1-2H3. The lowest BCUT2D eigenvalue weighted by molar-refractivity contribution is 0.464. The third-order valence-electron chi connectivity index (χ3n) is 7.45. The van der Waals surface area contributed by atoms with Gasteiger partial charge in [0.25, 0.3) is 0 Å². The summed E-state index contributed by atoms with van der Waals surface area (Å²) in [6.45, 7) is 4.53. The number of aromatic nitrogens is 4. The van der Waals surface area contributed by atoms with Gasteiger partial charge in [-0.05, 0) is 66.9 Å². The summed E-state index contributed by atoms with van der Waals surface area (Å²) in [6, 6.07) is 32.5. The zero-order chi connectivity index (χ0) is 23.8. The second kappa shape index (κ2) is 8.55. The normalized spacial score (nSPS) is 11.9. The Morgan fingerprint density at radius 3 is 2.29 bits per heavy atom. The molecule has 0 aliphatic rings. The van der Waals surface area contributed by atoms with Gasteiger partial charge in [0.15, 0.2) is 0 Å². The van der Waals surface area contributed by atoms with E-state index in [9.17, 15) is 0 Å². The van der Waals surface area contributed by atoms with Crippen LogP contribution in [0.15, 0.2) is 110 Å². The van der Waals surface area contributed by atoms with Crippen LogP contribution < -0.4 is 0 Å². The Bertz CT molecular complexity index is 1610. The van der Waals surface area contributed by atoms with Gasteiger partial charge in [-0.2, -0.15) is 5.10 Å². The molecule has 3 aromatic carbocycles. The van der Waals surface area contributed by atoms with E-state index in [1.807, 2.05) is 35.4 Å². The van der Waals surface area contributed by atoms with Crippen LogP contribution >= 0.6 is 0 Å². The highest BCUT2D eigenvalue weighted by atomic mass is 15.3. The van der Waals surface area contributed by atoms with Crippen molar-refractivity contribution in [2.75, 3.05) is 0 Å². The van der Waals surface area contributed by atoms with E-state index in [0.717, 1.165) is 29.9 Å². The summed E-state index contributed by atoms with van der Waals surface area (Å²) in [5.41, 5.74) is 6.89. The molecule has 35 heavy (non-hydrogen) atoms. The van der Waals surface area contributed by atoms with Crippen molar-refractivity contribution in [3.8, 4) is 11.4 Å². The Kier molecular flexibility index (Phi) is 5.22. The maximum atomic E-state index is 4.79. The van der Waals surface area contributed by atoms with Crippen LogP contribution in [0.5, 0.6) is 0 Å². The number of hydrogen-bond acceptors (Lipinski definition) is 2. The van der Waals surface area contributed by atoms with Gasteiger partial charge >= 0.3 is 0 Å². The number of rotatable bonds is 6. The van der Waals surface area contributed by atoms with Gasteiger partial charge in [0.1, 0.15) is 0 Å². The number of fused-ring (bicyclic) bond motifs is 3. The lowest BCUT2D eigenvalue weighted by Crippen LogP contribution is -2.27. The van der Waals surface area contributed by atoms with E-state index in [2.05, 4.69) is 102 Å². The minimum atomic E-state index is -0.129. The predicted molar refractivity (Wildman–Crippen MR) is 144 cm³/mol. The molecule has 0 saturated carbocycles. The van der Waals surface area contributed by atoms with Crippen LogP contribution in [-0.4, -0.2) is 19.3 Å². The van der Waals surface area contributed by atoms with Crippen molar-refractivity contribution in [3.63, 3.8) is 0 Å². The minimum Gasteiger partial charge on any atom is -0.309 e.